The standard InChI is InChI=1S/C16H25N3O3/c1-12-11-13(2)19(17-12)8-5-15(20)18-6-3-14(4-7-18)16-21-9-10-22-16/h11,14,16H,3-10H2,1-2H3. The number of nitrogens with zero attached hydrogens (tertiary/aromatic N) is 3. The number of likely N-dealkylation sites (tertiary alicyclic amines) is 1. The minimum absolute atomic E-state index is 0.0491. The lowest BCUT2D eigenvalue weighted by Gasteiger charge is -2.34. The number of ether oxygens (including phenoxy) is 2. The highest BCUT2D eigenvalue weighted by molar-refractivity contribution is 5.76. The van der Waals surface area contributed by atoms with Gasteiger partial charge in [0.25, 0.3) is 0 Å². The third-order valence-electron chi connectivity index (χ3n) is 4.57. The van der Waals surface area contributed by atoms with E-state index in [2.05, 4.69) is 5.10 Å². The van der Waals surface area contributed by atoms with Gasteiger partial charge in [-0.05, 0) is 32.8 Å². The van der Waals surface area contributed by atoms with E-state index in [1.54, 1.807) is 0 Å². The molecule has 0 N–H and O–H groups in total. The van der Waals surface area contributed by atoms with Crippen LogP contribution in [0.25, 0.3) is 0 Å². The number of amides is 1. The highest BCUT2D eigenvalue weighted by atomic mass is 16.7. The Morgan fingerprint density at radius 2 is 1.95 bits per heavy atom. The Kier molecular flexibility index (Phi) is 4.78. The van der Waals surface area contributed by atoms with E-state index in [9.17, 15) is 4.79 Å². The van der Waals surface area contributed by atoms with Gasteiger partial charge in [0.15, 0.2) is 6.29 Å². The molecule has 1 aromatic rings. The number of hydrogen-bond acceptors (Lipinski definition) is 4. The SMILES string of the molecule is Cc1cc(C)n(CCC(=O)N2CCC(C3OCCO3)CC2)n1. The minimum atomic E-state index is -0.0491. The number of rotatable bonds is 4. The van der Waals surface area contributed by atoms with E-state index >= 15 is 0 Å². The molecule has 2 aliphatic heterocycles. The molecule has 3 rings (SSSR count). The van der Waals surface area contributed by atoms with Crippen molar-refractivity contribution in [2.45, 2.75) is 45.9 Å². The summed E-state index contributed by atoms with van der Waals surface area (Å²) in [7, 11) is 0. The number of carbonyl (C=O) groups is 1. The van der Waals surface area contributed by atoms with E-state index in [4.69, 9.17) is 9.47 Å². The zero-order valence-corrected chi connectivity index (χ0v) is 13.5. The Morgan fingerprint density at radius 1 is 1.27 bits per heavy atom. The molecule has 0 saturated carbocycles. The van der Waals surface area contributed by atoms with Gasteiger partial charge in [-0.2, -0.15) is 5.10 Å². The molecule has 6 heteroatoms. The van der Waals surface area contributed by atoms with Gasteiger partial charge in [-0.15, -0.1) is 0 Å². The number of aryl methyl sites for hydroxylation is 3. The summed E-state index contributed by atoms with van der Waals surface area (Å²) in [5, 5.41) is 4.40. The van der Waals surface area contributed by atoms with Crippen LogP contribution in [-0.4, -0.2) is 53.2 Å². The van der Waals surface area contributed by atoms with Gasteiger partial charge in [0.05, 0.1) is 18.9 Å². The average molecular weight is 307 g/mol. The molecular weight excluding hydrogens is 282 g/mol. The highest BCUT2D eigenvalue weighted by Crippen LogP contribution is 2.26. The van der Waals surface area contributed by atoms with Crippen molar-refractivity contribution in [2.24, 2.45) is 5.92 Å². The van der Waals surface area contributed by atoms with E-state index in [0.29, 0.717) is 32.1 Å². The first-order chi connectivity index (χ1) is 10.6. The van der Waals surface area contributed by atoms with Crippen LogP contribution >= 0.6 is 0 Å². The predicted molar refractivity (Wildman–Crippen MR) is 81.3 cm³/mol. The summed E-state index contributed by atoms with van der Waals surface area (Å²) in [5.41, 5.74) is 2.11. The van der Waals surface area contributed by atoms with Crippen LogP contribution in [0.5, 0.6) is 0 Å². The molecule has 6 nitrogen and oxygen atoms in total. The molecule has 1 amide bonds. The summed E-state index contributed by atoms with van der Waals surface area (Å²) in [6.07, 6.45) is 2.40. The van der Waals surface area contributed by atoms with Crippen LogP contribution in [0.3, 0.4) is 0 Å². The van der Waals surface area contributed by atoms with Gasteiger partial charge in [-0.1, -0.05) is 0 Å². The van der Waals surface area contributed by atoms with E-state index in [-0.39, 0.29) is 12.2 Å². The molecule has 0 aromatic carbocycles. The first-order valence-electron chi connectivity index (χ1n) is 8.15. The minimum Gasteiger partial charge on any atom is -0.350 e. The van der Waals surface area contributed by atoms with Crippen LogP contribution in [0.15, 0.2) is 6.07 Å². The molecule has 0 spiro atoms. The van der Waals surface area contributed by atoms with E-state index in [1.807, 2.05) is 29.5 Å². The van der Waals surface area contributed by atoms with Gasteiger partial charge < -0.3 is 14.4 Å². The fourth-order valence-electron chi connectivity index (χ4n) is 3.33. The van der Waals surface area contributed by atoms with Crippen LogP contribution in [-0.2, 0) is 20.8 Å². The molecule has 0 unspecified atom stereocenters. The molecule has 0 bridgehead atoms. The maximum Gasteiger partial charge on any atom is 0.224 e. The van der Waals surface area contributed by atoms with Crippen molar-refractivity contribution in [1.29, 1.82) is 0 Å². The Bertz CT molecular complexity index is 515. The lowest BCUT2D eigenvalue weighted by molar-refractivity contribution is -0.137. The topological polar surface area (TPSA) is 56.6 Å². The van der Waals surface area contributed by atoms with Crippen LogP contribution in [0.4, 0.5) is 0 Å². The summed E-state index contributed by atoms with van der Waals surface area (Å²) in [4.78, 5) is 14.3. The highest BCUT2D eigenvalue weighted by Gasteiger charge is 2.31. The Balaban J connectivity index is 1.44. The summed E-state index contributed by atoms with van der Waals surface area (Å²) >= 11 is 0. The summed E-state index contributed by atoms with van der Waals surface area (Å²) < 4.78 is 13.1. The predicted octanol–water partition coefficient (Wildman–Crippen LogP) is 1.50. The third kappa shape index (κ3) is 3.50. The summed E-state index contributed by atoms with van der Waals surface area (Å²) in [5.74, 6) is 0.654. The number of hydrogen-bond donors (Lipinski definition) is 0. The second-order valence-electron chi connectivity index (χ2n) is 6.23. The quantitative estimate of drug-likeness (QED) is 0.846. The molecule has 1 aromatic heterocycles. The van der Waals surface area contributed by atoms with E-state index in [1.165, 1.54) is 0 Å². The molecule has 0 atom stereocenters. The Labute approximate surface area is 131 Å². The van der Waals surface area contributed by atoms with E-state index in [0.717, 1.165) is 37.3 Å². The van der Waals surface area contributed by atoms with Crippen molar-refractivity contribution in [3.63, 3.8) is 0 Å². The molecule has 22 heavy (non-hydrogen) atoms. The van der Waals surface area contributed by atoms with Gasteiger partial charge in [0, 0.05) is 37.7 Å². The monoisotopic (exact) mass is 307 g/mol. The van der Waals surface area contributed by atoms with Crippen molar-refractivity contribution >= 4 is 5.91 Å². The van der Waals surface area contributed by atoms with Crippen molar-refractivity contribution in [1.82, 2.24) is 14.7 Å². The zero-order chi connectivity index (χ0) is 15.5. The van der Waals surface area contributed by atoms with Gasteiger partial charge in [-0.3, -0.25) is 9.48 Å². The smallest absolute Gasteiger partial charge is 0.224 e. The fraction of sp³-hybridized carbons (Fsp3) is 0.750. The number of piperidine rings is 1. The van der Waals surface area contributed by atoms with Gasteiger partial charge >= 0.3 is 0 Å². The summed E-state index contributed by atoms with van der Waals surface area (Å²) in [6, 6.07) is 2.04. The van der Waals surface area contributed by atoms with Gasteiger partial charge in [0.1, 0.15) is 0 Å². The Morgan fingerprint density at radius 3 is 2.55 bits per heavy atom. The molecule has 3 heterocycles. The molecule has 2 aliphatic rings. The molecule has 2 saturated heterocycles. The lowest BCUT2D eigenvalue weighted by Crippen LogP contribution is -2.41. The lowest BCUT2D eigenvalue weighted by atomic mass is 9.96. The van der Waals surface area contributed by atoms with Gasteiger partial charge in [0.2, 0.25) is 5.91 Å². The normalized spacial score (nSPS) is 20.7. The average Bonchev–Trinajstić information content (AvgIpc) is 3.15. The van der Waals surface area contributed by atoms with Crippen LogP contribution in [0.1, 0.15) is 30.7 Å². The molecule has 0 aliphatic carbocycles. The number of carbonyl (C=O) groups excluding carboxylic acids is 1. The van der Waals surface area contributed by atoms with Gasteiger partial charge in [-0.25, -0.2) is 0 Å². The fourth-order valence-corrected chi connectivity index (χ4v) is 3.33. The second-order valence-corrected chi connectivity index (χ2v) is 6.23. The molecule has 2 fully saturated rings. The van der Waals surface area contributed by atoms with Crippen molar-refractivity contribution in [3.8, 4) is 0 Å². The maximum absolute atomic E-state index is 12.3. The van der Waals surface area contributed by atoms with Crippen molar-refractivity contribution < 1.29 is 14.3 Å². The van der Waals surface area contributed by atoms with Crippen LogP contribution in [0.2, 0.25) is 0 Å². The molecular formula is C16H25N3O3. The molecule has 0 radical (unpaired) electrons. The number of aromatic nitrogens is 2. The van der Waals surface area contributed by atoms with Crippen LogP contribution in [0, 0.1) is 19.8 Å². The van der Waals surface area contributed by atoms with Crippen molar-refractivity contribution in [2.75, 3.05) is 26.3 Å². The van der Waals surface area contributed by atoms with E-state index < -0.39 is 0 Å². The second kappa shape index (κ2) is 6.79. The largest absolute Gasteiger partial charge is 0.350 e. The summed E-state index contributed by atoms with van der Waals surface area (Å²) in [6.45, 7) is 7.68. The molecule has 122 valence electrons. The Hall–Kier alpha value is -1.40. The first kappa shape index (κ1) is 15.5. The van der Waals surface area contributed by atoms with Crippen LogP contribution < -0.4 is 0 Å². The van der Waals surface area contributed by atoms with Crippen molar-refractivity contribution in [3.05, 3.63) is 17.5 Å². The maximum atomic E-state index is 12.3. The zero-order valence-electron chi connectivity index (χ0n) is 13.5. The third-order valence-corrected chi connectivity index (χ3v) is 4.57. The first-order valence-corrected chi connectivity index (χ1v) is 8.15.